The van der Waals surface area contributed by atoms with Crippen LogP contribution in [0.2, 0.25) is 0 Å². The van der Waals surface area contributed by atoms with Crippen LogP contribution >= 0.6 is 0 Å². The van der Waals surface area contributed by atoms with Gasteiger partial charge in [-0.1, -0.05) is 27.4 Å². The number of hydrogen-bond donors (Lipinski definition) is 2. The lowest BCUT2D eigenvalue weighted by Crippen LogP contribution is -2.36. The summed E-state index contributed by atoms with van der Waals surface area (Å²) in [6.45, 7) is 13.2. The van der Waals surface area contributed by atoms with Crippen LogP contribution in [0.15, 0.2) is 12.8 Å². The van der Waals surface area contributed by atoms with Crippen LogP contribution in [0.1, 0.15) is 53.4 Å². The molecule has 2 aliphatic rings. The fourth-order valence-corrected chi connectivity index (χ4v) is 4.83. The minimum atomic E-state index is 0.307. The van der Waals surface area contributed by atoms with Crippen molar-refractivity contribution in [2.45, 2.75) is 65.5 Å². The number of nitrogens with two attached hydrogens (primary N) is 1. The van der Waals surface area contributed by atoms with Gasteiger partial charge in [-0.25, -0.2) is 0 Å². The maximum atomic E-state index is 6.25. The molecule has 0 aliphatic heterocycles. The van der Waals surface area contributed by atoms with Crippen LogP contribution in [0.25, 0.3) is 0 Å². The Labute approximate surface area is 112 Å². The van der Waals surface area contributed by atoms with E-state index in [9.17, 15) is 0 Å². The van der Waals surface area contributed by atoms with Gasteiger partial charge >= 0.3 is 0 Å². The van der Waals surface area contributed by atoms with Crippen molar-refractivity contribution in [2.75, 3.05) is 0 Å². The third-order valence-corrected chi connectivity index (χ3v) is 6.75. The summed E-state index contributed by atoms with van der Waals surface area (Å²) in [4.78, 5) is 0. The van der Waals surface area contributed by atoms with Crippen molar-refractivity contribution in [3.8, 4) is 0 Å². The van der Waals surface area contributed by atoms with Gasteiger partial charge in [0.05, 0.1) is 0 Å². The van der Waals surface area contributed by atoms with Crippen LogP contribution in [0.5, 0.6) is 0 Å². The highest BCUT2D eigenvalue weighted by Gasteiger charge is 2.71. The molecule has 0 aromatic rings. The minimum Gasteiger partial charge on any atom is -0.389 e. The highest BCUT2D eigenvalue weighted by atomic mass is 14.9. The minimum absolute atomic E-state index is 0.307. The maximum absolute atomic E-state index is 6.25. The average molecular weight is 250 g/mol. The summed E-state index contributed by atoms with van der Waals surface area (Å²) in [5, 5.41) is 3.37. The molecular weight excluding hydrogens is 220 g/mol. The van der Waals surface area contributed by atoms with Gasteiger partial charge in [0.2, 0.25) is 0 Å². The lowest BCUT2D eigenvalue weighted by molar-refractivity contribution is 0.167. The van der Waals surface area contributed by atoms with Crippen molar-refractivity contribution in [3.05, 3.63) is 12.8 Å². The molecule has 0 bridgehead atoms. The first kappa shape index (κ1) is 13.9. The fourth-order valence-electron chi connectivity index (χ4n) is 4.83. The fraction of sp³-hybridized carbons (Fsp3) is 0.875. The molecule has 3 N–H and O–H groups in total. The quantitative estimate of drug-likeness (QED) is 0.803. The standard InChI is InChI=1S/C16H30N2/c1-6-18-14-9-7-13(8-10-14)16(5)11(2)15(16,4)12(3)17/h6,11-14,18H,1,7-10,17H2,2-5H3. The van der Waals surface area contributed by atoms with Crippen molar-refractivity contribution in [2.24, 2.45) is 28.4 Å². The largest absolute Gasteiger partial charge is 0.389 e. The first-order valence-corrected chi connectivity index (χ1v) is 7.51. The summed E-state index contributed by atoms with van der Waals surface area (Å²) >= 11 is 0. The molecule has 0 amide bonds. The lowest BCUT2D eigenvalue weighted by atomic mass is 9.72. The highest BCUT2D eigenvalue weighted by Crippen LogP contribution is 2.75. The summed E-state index contributed by atoms with van der Waals surface area (Å²) in [5.74, 6) is 1.62. The third-order valence-electron chi connectivity index (χ3n) is 6.75. The molecule has 2 rings (SSSR count). The SMILES string of the molecule is C=CNC1CCC(C2(C)C(C)C2(C)C(C)N)CC1. The summed E-state index contributed by atoms with van der Waals surface area (Å²) in [6.07, 6.45) is 7.10. The summed E-state index contributed by atoms with van der Waals surface area (Å²) in [7, 11) is 0. The maximum Gasteiger partial charge on any atom is 0.0255 e. The summed E-state index contributed by atoms with van der Waals surface area (Å²) in [6, 6.07) is 0.958. The Bertz CT molecular complexity index is 317. The van der Waals surface area contributed by atoms with E-state index in [0.717, 1.165) is 11.8 Å². The Morgan fingerprint density at radius 2 is 1.83 bits per heavy atom. The predicted octanol–water partition coefficient (Wildman–Crippen LogP) is 3.29. The van der Waals surface area contributed by atoms with Crippen molar-refractivity contribution in [1.29, 1.82) is 0 Å². The number of nitrogens with one attached hydrogen (secondary N) is 1. The molecule has 0 aromatic heterocycles. The van der Waals surface area contributed by atoms with E-state index in [-0.39, 0.29) is 0 Å². The van der Waals surface area contributed by atoms with E-state index in [1.807, 2.05) is 6.20 Å². The van der Waals surface area contributed by atoms with Gasteiger partial charge in [0.15, 0.2) is 0 Å². The Kier molecular flexibility index (Phi) is 3.52. The molecule has 0 heterocycles. The summed E-state index contributed by atoms with van der Waals surface area (Å²) < 4.78 is 0. The zero-order valence-electron chi connectivity index (χ0n) is 12.5. The zero-order valence-corrected chi connectivity index (χ0v) is 12.5. The van der Waals surface area contributed by atoms with Crippen LogP contribution in [-0.4, -0.2) is 12.1 Å². The van der Waals surface area contributed by atoms with Crippen LogP contribution in [-0.2, 0) is 0 Å². The molecule has 4 atom stereocenters. The second kappa shape index (κ2) is 4.56. The predicted molar refractivity (Wildman–Crippen MR) is 78.1 cm³/mol. The molecule has 0 saturated heterocycles. The molecule has 18 heavy (non-hydrogen) atoms. The zero-order chi connectivity index (χ0) is 13.6. The normalized spacial score (nSPS) is 49.5. The second-order valence-electron chi connectivity index (χ2n) is 7.00. The Morgan fingerprint density at radius 3 is 2.22 bits per heavy atom. The van der Waals surface area contributed by atoms with E-state index in [0.29, 0.717) is 22.9 Å². The van der Waals surface area contributed by atoms with E-state index in [4.69, 9.17) is 5.73 Å². The molecular formula is C16H30N2. The van der Waals surface area contributed by atoms with Gasteiger partial charge in [-0.15, -0.1) is 0 Å². The van der Waals surface area contributed by atoms with E-state index >= 15 is 0 Å². The molecule has 0 spiro atoms. The van der Waals surface area contributed by atoms with Crippen molar-refractivity contribution < 1.29 is 0 Å². The molecule has 104 valence electrons. The first-order valence-electron chi connectivity index (χ1n) is 7.51. The third kappa shape index (κ3) is 1.72. The molecule has 2 aliphatic carbocycles. The van der Waals surface area contributed by atoms with Gasteiger partial charge in [-0.05, 0) is 61.5 Å². The number of rotatable bonds is 4. The van der Waals surface area contributed by atoms with E-state index in [2.05, 4.69) is 39.6 Å². The molecule has 0 aromatic carbocycles. The average Bonchev–Trinajstić information content (AvgIpc) is 2.80. The first-order chi connectivity index (χ1) is 8.39. The van der Waals surface area contributed by atoms with Gasteiger partial charge < -0.3 is 11.1 Å². The molecule has 2 saturated carbocycles. The smallest absolute Gasteiger partial charge is 0.0255 e. The molecule has 2 heteroatoms. The molecule has 0 radical (unpaired) electrons. The second-order valence-corrected chi connectivity index (χ2v) is 7.00. The highest BCUT2D eigenvalue weighted by molar-refractivity contribution is 5.21. The van der Waals surface area contributed by atoms with E-state index in [1.54, 1.807) is 0 Å². The van der Waals surface area contributed by atoms with Crippen LogP contribution in [0.3, 0.4) is 0 Å². The van der Waals surface area contributed by atoms with Crippen molar-refractivity contribution >= 4 is 0 Å². The van der Waals surface area contributed by atoms with Gasteiger partial charge in [-0.3, -0.25) is 0 Å². The van der Waals surface area contributed by atoms with Crippen LogP contribution < -0.4 is 11.1 Å². The van der Waals surface area contributed by atoms with Crippen molar-refractivity contribution in [1.82, 2.24) is 5.32 Å². The lowest BCUT2D eigenvalue weighted by Gasteiger charge is -2.36. The molecule has 4 unspecified atom stereocenters. The van der Waals surface area contributed by atoms with E-state index < -0.39 is 0 Å². The molecule has 2 fully saturated rings. The monoisotopic (exact) mass is 250 g/mol. The number of hydrogen-bond acceptors (Lipinski definition) is 2. The topological polar surface area (TPSA) is 38.0 Å². The van der Waals surface area contributed by atoms with Gasteiger partial charge in [0.1, 0.15) is 0 Å². The van der Waals surface area contributed by atoms with Gasteiger partial charge in [0, 0.05) is 12.1 Å². The Hall–Kier alpha value is -0.500. The van der Waals surface area contributed by atoms with Crippen LogP contribution in [0, 0.1) is 22.7 Å². The molecule has 2 nitrogen and oxygen atoms in total. The van der Waals surface area contributed by atoms with E-state index in [1.165, 1.54) is 25.7 Å². The van der Waals surface area contributed by atoms with Gasteiger partial charge in [-0.2, -0.15) is 0 Å². The summed E-state index contributed by atoms with van der Waals surface area (Å²) in [5.41, 5.74) is 7.06. The van der Waals surface area contributed by atoms with Crippen molar-refractivity contribution in [3.63, 3.8) is 0 Å². The Balaban J connectivity index is 2.00. The van der Waals surface area contributed by atoms with Gasteiger partial charge in [0.25, 0.3) is 0 Å². The van der Waals surface area contributed by atoms with Crippen LogP contribution in [0.4, 0.5) is 0 Å². The Morgan fingerprint density at radius 1 is 1.28 bits per heavy atom.